The second-order valence-corrected chi connectivity index (χ2v) is 4.38. The van der Waals surface area contributed by atoms with Crippen LogP contribution in [0, 0.1) is 4.91 Å². The van der Waals surface area contributed by atoms with Crippen molar-refractivity contribution in [2.24, 2.45) is 5.29 Å². The third-order valence-electron chi connectivity index (χ3n) is 2.64. The largest absolute Gasteiger partial charge is 0.367 e. The van der Waals surface area contributed by atoms with Gasteiger partial charge in [-0.25, -0.2) is 0 Å². The molecule has 0 spiro atoms. The summed E-state index contributed by atoms with van der Waals surface area (Å²) in [7, 11) is 0. The van der Waals surface area contributed by atoms with Crippen molar-refractivity contribution < 1.29 is 0 Å². The van der Waals surface area contributed by atoms with E-state index in [0.29, 0.717) is 23.1 Å². The SMILES string of the molecule is O=NN1CCN(c2cccc(Cl)c2Cl)CC1. The molecule has 6 heteroatoms. The van der Waals surface area contributed by atoms with Crippen LogP contribution < -0.4 is 4.90 Å². The number of hydrogen-bond acceptors (Lipinski definition) is 3. The smallest absolute Gasteiger partial charge is 0.0825 e. The molecule has 1 fully saturated rings. The molecule has 4 nitrogen and oxygen atoms in total. The van der Waals surface area contributed by atoms with Crippen LogP contribution in [0.2, 0.25) is 10.0 Å². The number of piperazine rings is 1. The lowest BCUT2D eigenvalue weighted by Crippen LogP contribution is -2.44. The van der Waals surface area contributed by atoms with Gasteiger partial charge in [0.1, 0.15) is 0 Å². The second kappa shape index (κ2) is 4.89. The summed E-state index contributed by atoms with van der Waals surface area (Å²) in [6.45, 7) is 2.69. The van der Waals surface area contributed by atoms with Crippen molar-refractivity contribution in [3.8, 4) is 0 Å². The fourth-order valence-electron chi connectivity index (χ4n) is 1.76. The Bertz CT molecular complexity index is 392. The molecular formula is C10H11Cl2N3O. The Balaban J connectivity index is 2.14. The van der Waals surface area contributed by atoms with Crippen molar-refractivity contribution in [3.63, 3.8) is 0 Å². The van der Waals surface area contributed by atoms with Crippen LogP contribution in [0.1, 0.15) is 0 Å². The van der Waals surface area contributed by atoms with Gasteiger partial charge in [-0.3, -0.25) is 5.01 Å². The van der Waals surface area contributed by atoms with Crippen LogP contribution >= 0.6 is 23.2 Å². The van der Waals surface area contributed by atoms with E-state index in [9.17, 15) is 4.91 Å². The van der Waals surface area contributed by atoms with Crippen molar-refractivity contribution >= 4 is 28.9 Å². The molecule has 2 rings (SSSR count). The summed E-state index contributed by atoms with van der Waals surface area (Å²) >= 11 is 12.1. The molecule has 1 aliphatic rings. The Hall–Kier alpha value is -1.000. The van der Waals surface area contributed by atoms with Crippen LogP contribution in [-0.4, -0.2) is 31.2 Å². The normalized spacial score (nSPS) is 16.4. The van der Waals surface area contributed by atoms with Crippen LogP contribution in [-0.2, 0) is 0 Å². The molecular weight excluding hydrogens is 249 g/mol. The van der Waals surface area contributed by atoms with Crippen LogP contribution in [0.4, 0.5) is 5.69 Å². The summed E-state index contributed by atoms with van der Waals surface area (Å²) in [5, 5.41) is 5.54. The highest BCUT2D eigenvalue weighted by atomic mass is 35.5. The highest BCUT2D eigenvalue weighted by Crippen LogP contribution is 2.32. The maximum atomic E-state index is 10.3. The molecule has 0 amide bonds. The van der Waals surface area contributed by atoms with Crippen molar-refractivity contribution in [2.45, 2.75) is 0 Å². The molecule has 1 aromatic rings. The van der Waals surface area contributed by atoms with E-state index in [1.807, 2.05) is 12.1 Å². The van der Waals surface area contributed by atoms with E-state index in [-0.39, 0.29) is 0 Å². The number of nitrogens with zero attached hydrogens (tertiary/aromatic N) is 3. The summed E-state index contributed by atoms with van der Waals surface area (Å²) in [5.74, 6) is 0. The molecule has 0 atom stereocenters. The molecule has 16 heavy (non-hydrogen) atoms. The van der Waals surface area contributed by atoms with Crippen LogP contribution in [0.3, 0.4) is 0 Å². The highest BCUT2D eigenvalue weighted by molar-refractivity contribution is 6.43. The number of anilines is 1. The van der Waals surface area contributed by atoms with Gasteiger partial charge in [0.25, 0.3) is 0 Å². The van der Waals surface area contributed by atoms with Gasteiger partial charge in [-0.2, -0.15) is 0 Å². The number of rotatable bonds is 2. The van der Waals surface area contributed by atoms with E-state index >= 15 is 0 Å². The van der Waals surface area contributed by atoms with Gasteiger partial charge in [-0.05, 0) is 12.1 Å². The zero-order valence-corrected chi connectivity index (χ0v) is 10.1. The van der Waals surface area contributed by atoms with Gasteiger partial charge in [0.15, 0.2) is 0 Å². The first-order chi connectivity index (χ1) is 7.72. The first kappa shape index (κ1) is 11.5. The number of nitroso groups, excluding NO2 is 1. The Morgan fingerprint density at radius 1 is 1.12 bits per heavy atom. The van der Waals surface area contributed by atoms with Crippen molar-refractivity contribution in [3.05, 3.63) is 33.2 Å². The van der Waals surface area contributed by atoms with E-state index < -0.39 is 0 Å². The predicted molar refractivity (Wildman–Crippen MR) is 66.0 cm³/mol. The molecule has 0 aliphatic carbocycles. The molecule has 0 bridgehead atoms. The molecule has 86 valence electrons. The van der Waals surface area contributed by atoms with Gasteiger partial charge < -0.3 is 4.90 Å². The summed E-state index contributed by atoms with van der Waals surface area (Å²) in [6.07, 6.45) is 0. The van der Waals surface area contributed by atoms with Crippen LogP contribution in [0.5, 0.6) is 0 Å². The number of hydrogen-bond donors (Lipinski definition) is 0. The lowest BCUT2D eigenvalue weighted by atomic mass is 10.2. The Morgan fingerprint density at radius 2 is 1.81 bits per heavy atom. The fourth-order valence-corrected chi connectivity index (χ4v) is 2.17. The minimum Gasteiger partial charge on any atom is -0.367 e. The zero-order chi connectivity index (χ0) is 11.5. The molecule has 1 saturated heterocycles. The minimum atomic E-state index is 0.551. The summed E-state index contributed by atoms with van der Waals surface area (Å²) in [4.78, 5) is 12.4. The quantitative estimate of drug-likeness (QED) is 0.767. The van der Waals surface area contributed by atoms with Gasteiger partial charge in [0, 0.05) is 13.1 Å². The minimum absolute atomic E-state index is 0.551. The molecule has 1 aromatic carbocycles. The third kappa shape index (κ3) is 2.23. The van der Waals surface area contributed by atoms with E-state index in [1.54, 1.807) is 6.07 Å². The van der Waals surface area contributed by atoms with E-state index in [1.165, 1.54) is 5.01 Å². The van der Waals surface area contributed by atoms with Crippen LogP contribution in [0.25, 0.3) is 0 Å². The third-order valence-corrected chi connectivity index (χ3v) is 3.45. The van der Waals surface area contributed by atoms with E-state index in [4.69, 9.17) is 23.2 Å². The van der Waals surface area contributed by atoms with Crippen molar-refractivity contribution in [1.82, 2.24) is 5.01 Å². The summed E-state index contributed by atoms with van der Waals surface area (Å²) < 4.78 is 0. The lowest BCUT2D eigenvalue weighted by molar-refractivity contribution is 0.267. The van der Waals surface area contributed by atoms with Crippen molar-refractivity contribution in [2.75, 3.05) is 31.1 Å². The number of benzene rings is 1. The Morgan fingerprint density at radius 3 is 2.44 bits per heavy atom. The van der Waals surface area contributed by atoms with Gasteiger partial charge in [0.05, 0.1) is 34.1 Å². The Kier molecular flexibility index (Phi) is 3.51. The molecule has 0 radical (unpaired) electrons. The fraction of sp³-hybridized carbons (Fsp3) is 0.400. The lowest BCUT2D eigenvalue weighted by Gasteiger charge is -2.33. The van der Waals surface area contributed by atoms with Gasteiger partial charge in [-0.15, -0.1) is 4.91 Å². The topological polar surface area (TPSA) is 35.9 Å². The average Bonchev–Trinajstić information content (AvgIpc) is 2.33. The van der Waals surface area contributed by atoms with E-state index in [0.717, 1.165) is 18.8 Å². The van der Waals surface area contributed by atoms with E-state index in [2.05, 4.69) is 10.2 Å². The molecule has 0 N–H and O–H groups in total. The maximum absolute atomic E-state index is 10.3. The van der Waals surface area contributed by atoms with Crippen LogP contribution in [0.15, 0.2) is 23.5 Å². The first-order valence-electron chi connectivity index (χ1n) is 4.99. The summed E-state index contributed by atoms with van der Waals surface area (Å²) in [6, 6.07) is 5.56. The first-order valence-corrected chi connectivity index (χ1v) is 5.75. The molecule has 0 saturated carbocycles. The van der Waals surface area contributed by atoms with Crippen molar-refractivity contribution in [1.29, 1.82) is 0 Å². The highest BCUT2D eigenvalue weighted by Gasteiger charge is 2.19. The summed E-state index contributed by atoms with van der Waals surface area (Å²) in [5.41, 5.74) is 0.916. The molecule has 1 heterocycles. The Labute approximate surface area is 104 Å². The second-order valence-electron chi connectivity index (χ2n) is 3.60. The molecule has 0 aromatic heterocycles. The molecule has 0 unspecified atom stereocenters. The predicted octanol–water partition coefficient (Wildman–Crippen LogP) is 2.80. The standard InChI is InChI=1S/C10H11Cl2N3O/c11-8-2-1-3-9(10(8)12)14-4-6-15(13-16)7-5-14/h1-3H,4-7H2. The van der Waals surface area contributed by atoms with Gasteiger partial charge >= 0.3 is 0 Å². The molecule has 1 aliphatic heterocycles. The monoisotopic (exact) mass is 259 g/mol. The van der Waals surface area contributed by atoms with Gasteiger partial charge in [0.2, 0.25) is 0 Å². The number of halogens is 2. The maximum Gasteiger partial charge on any atom is 0.0825 e. The zero-order valence-electron chi connectivity index (χ0n) is 8.57. The average molecular weight is 260 g/mol. The van der Waals surface area contributed by atoms with Gasteiger partial charge in [-0.1, -0.05) is 29.3 Å².